The van der Waals surface area contributed by atoms with E-state index in [1.807, 2.05) is 49.9 Å². The van der Waals surface area contributed by atoms with Gasteiger partial charge in [0.1, 0.15) is 17.5 Å². The molecular formula is C23H24FN3O. The van der Waals surface area contributed by atoms with Crippen molar-refractivity contribution in [3.05, 3.63) is 64.0 Å². The molecule has 0 atom stereocenters. The average Bonchev–Trinajstić information content (AvgIpc) is 3.18. The summed E-state index contributed by atoms with van der Waals surface area (Å²) in [5.41, 5.74) is 4.56. The third-order valence-corrected chi connectivity index (χ3v) is 5.08. The van der Waals surface area contributed by atoms with Crippen LogP contribution >= 0.6 is 0 Å². The number of nitrogens with one attached hydrogen (secondary N) is 1. The van der Waals surface area contributed by atoms with E-state index in [-0.39, 0.29) is 11.4 Å². The molecule has 1 fully saturated rings. The molecule has 144 valence electrons. The molecule has 0 spiro atoms. The standard InChI is InChI=1S/C23H24FN3O/c1-15-6-7-21(17(3)10-15)26-23(28)19(14-25)12-18-13-20(24)22(11-16(18)2)27-8-4-5-9-27/h6-7,10-13H,4-5,8-9H2,1-3H3,(H,26,28). The van der Waals surface area contributed by atoms with E-state index in [2.05, 4.69) is 5.32 Å². The molecule has 0 saturated carbocycles. The van der Waals surface area contributed by atoms with Crippen molar-refractivity contribution in [2.45, 2.75) is 33.6 Å². The highest BCUT2D eigenvalue weighted by Gasteiger charge is 2.18. The Kier molecular flexibility index (Phi) is 5.79. The lowest BCUT2D eigenvalue weighted by molar-refractivity contribution is -0.112. The lowest BCUT2D eigenvalue weighted by Crippen LogP contribution is -2.19. The first-order valence-corrected chi connectivity index (χ1v) is 9.44. The van der Waals surface area contributed by atoms with Crippen LogP contribution in [0.4, 0.5) is 15.8 Å². The van der Waals surface area contributed by atoms with Crippen molar-refractivity contribution in [3.63, 3.8) is 0 Å². The molecule has 0 aliphatic carbocycles. The lowest BCUT2D eigenvalue weighted by Gasteiger charge is -2.19. The predicted molar refractivity (Wildman–Crippen MR) is 111 cm³/mol. The zero-order valence-corrected chi connectivity index (χ0v) is 16.5. The molecule has 1 heterocycles. The van der Waals surface area contributed by atoms with E-state index < -0.39 is 5.91 Å². The quantitative estimate of drug-likeness (QED) is 0.609. The Morgan fingerprint density at radius 2 is 1.86 bits per heavy atom. The SMILES string of the molecule is Cc1ccc(NC(=O)C(C#N)=Cc2cc(F)c(N3CCCC3)cc2C)c(C)c1. The minimum Gasteiger partial charge on any atom is -0.369 e. The third kappa shape index (κ3) is 4.23. The second kappa shape index (κ2) is 8.26. The molecular weight excluding hydrogens is 353 g/mol. The number of amides is 1. The lowest BCUT2D eigenvalue weighted by atomic mass is 10.0. The molecule has 4 nitrogen and oxygen atoms in total. The Bertz CT molecular complexity index is 982. The van der Waals surface area contributed by atoms with Gasteiger partial charge >= 0.3 is 0 Å². The van der Waals surface area contributed by atoms with Gasteiger partial charge in [-0.3, -0.25) is 4.79 Å². The van der Waals surface area contributed by atoms with E-state index in [0.29, 0.717) is 16.9 Å². The molecule has 3 rings (SSSR count). The van der Waals surface area contributed by atoms with E-state index in [1.54, 1.807) is 6.07 Å². The summed E-state index contributed by atoms with van der Waals surface area (Å²) in [4.78, 5) is 14.6. The first kappa shape index (κ1) is 19.6. The van der Waals surface area contributed by atoms with E-state index in [0.717, 1.165) is 42.6 Å². The highest BCUT2D eigenvalue weighted by atomic mass is 19.1. The largest absolute Gasteiger partial charge is 0.369 e. The molecule has 0 aromatic heterocycles. The first-order valence-electron chi connectivity index (χ1n) is 9.44. The summed E-state index contributed by atoms with van der Waals surface area (Å²) in [5.74, 6) is -0.830. The number of aryl methyl sites for hydroxylation is 3. The number of nitrogens with zero attached hydrogens (tertiary/aromatic N) is 2. The van der Waals surface area contributed by atoms with Crippen LogP contribution < -0.4 is 10.2 Å². The molecule has 5 heteroatoms. The van der Waals surface area contributed by atoms with E-state index in [4.69, 9.17) is 0 Å². The van der Waals surface area contributed by atoms with Gasteiger partial charge in [0.15, 0.2) is 0 Å². The van der Waals surface area contributed by atoms with Gasteiger partial charge in [-0.2, -0.15) is 5.26 Å². The number of hydrogen-bond donors (Lipinski definition) is 1. The van der Waals surface area contributed by atoms with Gasteiger partial charge in [-0.15, -0.1) is 0 Å². The van der Waals surface area contributed by atoms with Gasteiger partial charge in [0, 0.05) is 18.8 Å². The first-order chi connectivity index (χ1) is 13.4. The van der Waals surface area contributed by atoms with Crippen LogP contribution in [0.2, 0.25) is 0 Å². The Morgan fingerprint density at radius 1 is 1.14 bits per heavy atom. The highest BCUT2D eigenvalue weighted by Crippen LogP contribution is 2.28. The Hall–Kier alpha value is -3.13. The van der Waals surface area contributed by atoms with Crippen molar-refractivity contribution in [3.8, 4) is 6.07 Å². The minimum absolute atomic E-state index is 0.0589. The number of carbonyl (C=O) groups is 1. The number of rotatable bonds is 4. The number of nitriles is 1. The summed E-state index contributed by atoms with van der Waals surface area (Å²) >= 11 is 0. The number of benzene rings is 2. The Labute approximate surface area is 165 Å². The molecule has 1 amide bonds. The number of carbonyl (C=O) groups excluding carboxylic acids is 1. The summed E-state index contributed by atoms with van der Waals surface area (Å²) in [6.45, 7) is 7.44. The smallest absolute Gasteiger partial charge is 0.266 e. The summed E-state index contributed by atoms with van der Waals surface area (Å²) in [6, 6.07) is 10.8. The van der Waals surface area contributed by atoms with Crippen LogP contribution in [0.1, 0.15) is 35.1 Å². The van der Waals surface area contributed by atoms with Crippen LogP contribution in [0.15, 0.2) is 35.9 Å². The van der Waals surface area contributed by atoms with Gasteiger partial charge in [0.25, 0.3) is 5.91 Å². The number of hydrogen-bond acceptors (Lipinski definition) is 3. The monoisotopic (exact) mass is 377 g/mol. The Balaban J connectivity index is 1.86. The van der Waals surface area contributed by atoms with Crippen LogP contribution in [-0.2, 0) is 4.79 Å². The molecule has 1 aliphatic rings. The fraction of sp³-hybridized carbons (Fsp3) is 0.304. The van der Waals surface area contributed by atoms with Crippen LogP contribution in [0.5, 0.6) is 0 Å². The Morgan fingerprint density at radius 3 is 2.50 bits per heavy atom. The molecule has 28 heavy (non-hydrogen) atoms. The summed E-state index contributed by atoms with van der Waals surface area (Å²) in [5, 5.41) is 12.2. The fourth-order valence-corrected chi connectivity index (χ4v) is 3.49. The molecule has 0 radical (unpaired) electrons. The normalized spacial score (nSPS) is 14.1. The average molecular weight is 377 g/mol. The summed E-state index contributed by atoms with van der Waals surface area (Å²) in [7, 11) is 0. The van der Waals surface area contributed by atoms with Crippen LogP contribution in [0.25, 0.3) is 6.08 Å². The van der Waals surface area contributed by atoms with Gasteiger partial charge in [-0.05, 0) is 74.6 Å². The van der Waals surface area contributed by atoms with Crippen molar-refractivity contribution >= 4 is 23.4 Å². The molecule has 1 N–H and O–H groups in total. The van der Waals surface area contributed by atoms with Gasteiger partial charge in [-0.1, -0.05) is 17.7 Å². The van der Waals surface area contributed by atoms with E-state index >= 15 is 0 Å². The fourth-order valence-electron chi connectivity index (χ4n) is 3.49. The van der Waals surface area contributed by atoms with Gasteiger partial charge in [0.05, 0.1) is 5.69 Å². The molecule has 2 aromatic rings. The van der Waals surface area contributed by atoms with Crippen molar-refractivity contribution in [2.75, 3.05) is 23.3 Å². The predicted octanol–water partition coefficient (Wildman–Crippen LogP) is 4.90. The molecule has 0 unspecified atom stereocenters. The topological polar surface area (TPSA) is 56.1 Å². The zero-order valence-electron chi connectivity index (χ0n) is 16.5. The molecule has 1 aliphatic heterocycles. The summed E-state index contributed by atoms with van der Waals surface area (Å²) in [6.07, 6.45) is 3.58. The summed E-state index contributed by atoms with van der Waals surface area (Å²) < 4.78 is 14.6. The van der Waals surface area contributed by atoms with Crippen molar-refractivity contribution in [1.29, 1.82) is 5.26 Å². The van der Waals surface area contributed by atoms with Gasteiger partial charge in [-0.25, -0.2) is 4.39 Å². The van der Waals surface area contributed by atoms with Gasteiger partial charge in [0.2, 0.25) is 0 Å². The maximum Gasteiger partial charge on any atom is 0.266 e. The molecule has 0 bridgehead atoms. The maximum absolute atomic E-state index is 14.6. The van der Waals surface area contributed by atoms with Crippen LogP contribution in [-0.4, -0.2) is 19.0 Å². The van der Waals surface area contributed by atoms with E-state index in [1.165, 1.54) is 12.1 Å². The second-order valence-electron chi connectivity index (χ2n) is 7.30. The minimum atomic E-state index is -0.502. The maximum atomic E-state index is 14.6. The van der Waals surface area contributed by atoms with Crippen LogP contribution in [0.3, 0.4) is 0 Å². The zero-order chi connectivity index (χ0) is 20.3. The van der Waals surface area contributed by atoms with Crippen LogP contribution in [0, 0.1) is 37.9 Å². The van der Waals surface area contributed by atoms with Gasteiger partial charge < -0.3 is 10.2 Å². The van der Waals surface area contributed by atoms with Crippen molar-refractivity contribution in [1.82, 2.24) is 0 Å². The second-order valence-corrected chi connectivity index (χ2v) is 7.30. The molecule has 1 saturated heterocycles. The van der Waals surface area contributed by atoms with Crippen molar-refractivity contribution in [2.24, 2.45) is 0 Å². The van der Waals surface area contributed by atoms with Crippen molar-refractivity contribution < 1.29 is 9.18 Å². The number of anilines is 2. The number of halogens is 1. The molecule has 2 aromatic carbocycles. The highest BCUT2D eigenvalue weighted by molar-refractivity contribution is 6.10. The van der Waals surface area contributed by atoms with E-state index in [9.17, 15) is 14.4 Å². The third-order valence-electron chi connectivity index (χ3n) is 5.08.